The van der Waals surface area contributed by atoms with E-state index in [2.05, 4.69) is 22.4 Å². The Morgan fingerprint density at radius 3 is 3.24 bits per heavy atom. The molecule has 0 saturated carbocycles. The van der Waals surface area contributed by atoms with Gasteiger partial charge >= 0.3 is 5.97 Å². The van der Waals surface area contributed by atoms with Crippen molar-refractivity contribution in [1.82, 2.24) is 4.90 Å². The molecule has 1 aliphatic heterocycles. The molecule has 1 saturated heterocycles. The van der Waals surface area contributed by atoms with Crippen molar-refractivity contribution >= 4 is 17.3 Å². The lowest BCUT2D eigenvalue weighted by atomic mass is 10.2. The van der Waals surface area contributed by atoms with Crippen molar-refractivity contribution in [1.29, 1.82) is 0 Å². The number of esters is 1. The SMILES string of the molecule is CCOC(=O)CCN1CCCC1c1cccs1. The molecule has 0 aliphatic carbocycles. The predicted molar refractivity (Wildman–Crippen MR) is 69.1 cm³/mol. The first-order valence-electron chi connectivity index (χ1n) is 6.24. The van der Waals surface area contributed by atoms with Crippen LogP contribution in [0.4, 0.5) is 0 Å². The van der Waals surface area contributed by atoms with Crippen molar-refractivity contribution in [2.45, 2.75) is 32.2 Å². The molecule has 0 spiro atoms. The number of thiophene rings is 1. The highest BCUT2D eigenvalue weighted by molar-refractivity contribution is 7.10. The molecule has 2 heterocycles. The number of likely N-dealkylation sites (tertiary alicyclic amines) is 1. The van der Waals surface area contributed by atoms with Crippen molar-refractivity contribution in [3.63, 3.8) is 0 Å². The smallest absolute Gasteiger partial charge is 0.307 e. The standard InChI is InChI=1S/C13H19NO2S/c1-2-16-13(15)7-9-14-8-3-5-11(14)12-6-4-10-17-12/h4,6,10-11H,2-3,5,7-9H2,1H3. The topological polar surface area (TPSA) is 29.5 Å². The van der Waals surface area contributed by atoms with Crippen LogP contribution in [0.1, 0.15) is 37.1 Å². The zero-order chi connectivity index (χ0) is 12.1. The lowest BCUT2D eigenvalue weighted by Gasteiger charge is -2.22. The minimum atomic E-state index is -0.0793. The molecule has 0 N–H and O–H groups in total. The van der Waals surface area contributed by atoms with E-state index in [9.17, 15) is 4.79 Å². The van der Waals surface area contributed by atoms with E-state index < -0.39 is 0 Å². The van der Waals surface area contributed by atoms with Crippen LogP contribution in [-0.2, 0) is 9.53 Å². The second-order valence-corrected chi connectivity index (χ2v) is 5.24. The number of rotatable bonds is 5. The Bertz CT molecular complexity index is 350. The van der Waals surface area contributed by atoms with E-state index in [1.807, 2.05) is 18.3 Å². The molecular weight excluding hydrogens is 234 g/mol. The monoisotopic (exact) mass is 253 g/mol. The van der Waals surface area contributed by atoms with Gasteiger partial charge in [-0.25, -0.2) is 0 Å². The van der Waals surface area contributed by atoms with Gasteiger partial charge in [0, 0.05) is 17.5 Å². The maximum absolute atomic E-state index is 11.3. The highest BCUT2D eigenvalue weighted by Crippen LogP contribution is 2.34. The number of hydrogen-bond acceptors (Lipinski definition) is 4. The average Bonchev–Trinajstić information content (AvgIpc) is 2.97. The number of nitrogens with zero attached hydrogens (tertiary/aromatic N) is 1. The first-order chi connectivity index (χ1) is 8.31. The van der Waals surface area contributed by atoms with E-state index in [0.717, 1.165) is 13.1 Å². The molecule has 0 aromatic carbocycles. The van der Waals surface area contributed by atoms with E-state index in [0.29, 0.717) is 19.1 Å². The van der Waals surface area contributed by atoms with Gasteiger partial charge in [-0.1, -0.05) is 6.07 Å². The van der Waals surface area contributed by atoms with Crippen LogP contribution in [0.25, 0.3) is 0 Å². The quantitative estimate of drug-likeness (QED) is 0.756. The fourth-order valence-corrected chi connectivity index (χ4v) is 3.26. The van der Waals surface area contributed by atoms with E-state index >= 15 is 0 Å². The maximum atomic E-state index is 11.3. The van der Waals surface area contributed by atoms with Crippen LogP contribution in [0.2, 0.25) is 0 Å². The zero-order valence-electron chi connectivity index (χ0n) is 10.2. The summed E-state index contributed by atoms with van der Waals surface area (Å²) in [6.45, 7) is 4.25. The molecule has 1 aliphatic rings. The molecule has 0 bridgehead atoms. The summed E-state index contributed by atoms with van der Waals surface area (Å²) < 4.78 is 4.96. The Balaban J connectivity index is 1.85. The highest BCUT2D eigenvalue weighted by Gasteiger charge is 2.26. The van der Waals surface area contributed by atoms with E-state index in [1.54, 1.807) is 0 Å². The number of ether oxygens (including phenoxy) is 1. The van der Waals surface area contributed by atoms with Gasteiger partial charge in [0.05, 0.1) is 13.0 Å². The molecule has 0 amide bonds. The van der Waals surface area contributed by atoms with Gasteiger partial charge < -0.3 is 4.74 Å². The Kier molecular flexibility index (Phi) is 4.57. The van der Waals surface area contributed by atoms with Gasteiger partial charge in [0.25, 0.3) is 0 Å². The lowest BCUT2D eigenvalue weighted by Crippen LogP contribution is -2.26. The van der Waals surface area contributed by atoms with Crippen molar-refractivity contribution in [2.24, 2.45) is 0 Å². The van der Waals surface area contributed by atoms with E-state index in [1.165, 1.54) is 17.7 Å². The fourth-order valence-electron chi connectivity index (χ4n) is 2.36. The summed E-state index contributed by atoms with van der Waals surface area (Å²) in [5, 5.41) is 2.12. The fraction of sp³-hybridized carbons (Fsp3) is 0.615. The van der Waals surface area contributed by atoms with Crippen molar-refractivity contribution in [2.75, 3.05) is 19.7 Å². The third-order valence-electron chi connectivity index (χ3n) is 3.14. The number of carbonyl (C=O) groups excluding carboxylic acids is 1. The zero-order valence-corrected chi connectivity index (χ0v) is 11.0. The summed E-state index contributed by atoms with van der Waals surface area (Å²) in [7, 11) is 0. The summed E-state index contributed by atoms with van der Waals surface area (Å²) in [5.41, 5.74) is 0. The van der Waals surface area contributed by atoms with Gasteiger partial charge in [0.1, 0.15) is 0 Å². The third kappa shape index (κ3) is 3.30. The highest BCUT2D eigenvalue weighted by atomic mass is 32.1. The first-order valence-corrected chi connectivity index (χ1v) is 7.12. The van der Waals surface area contributed by atoms with Crippen molar-refractivity contribution in [3.8, 4) is 0 Å². The molecule has 1 aromatic heterocycles. The molecule has 17 heavy (non-hydrogen) atoms. The average molecular weight is 253 g/mol. The van der Waals surface area contributed by atoms with Crippen LogP contribution in [0, 0.1) is 0 Å². The summed E-state index contributed by atoms with van der Waals surface area (Å²) in [6, 6.07) is 4.81. The van der Waals surface area contributed by atoms with Crippen LogP contribution in [0.15, 0.2) is 17.5 Å². The van der Waals surface area contributed by atoms with Gasteiger partial charge in [0.2, 0.25) is 0 Å². The molecular formula is C13H19NO2S. The third-order valence-corrected chi connectivity index (χ3v) is 4.12. The van der Waals surface area contributed by atoms with Gasteiger partial charge in [0.15, 0.2) is 0 Å². The van der Waals surface area contributed by atoms with Crippen molar-refractivity contribution in [3.05, 3.63) is 22.4 Å². The summed E-state index contributed by atoms with van der Waals surface area (Å²) in [6.07, 6.45) is 2.95. The van der Waals surface area contributed by atoms with Gasteiger partial charge in [-0.15, -0.1) is 11.3 Å². The number of carbonyl (C=O) groups is 1. The molecule has 2 rings (SSSR count). The van der Waals surface area contributed by atoms with Crippen LogP contribution in [-0.4, -0.2) is 30.6 Å². The Morgan fingerprint density at radius 2 is 2.53 bits per heavy atom. The summed E-state index contributed by atoms with van der Waals surface area (Å²) in [5.74, 6) is -0.0793. The number of hydrogen-bond donors (Lipinski definition) is 0. The van der Waals surface area contributed by atoms with Crippen LogP contribution < -0.4 is 0 Å². The Labute approximate surface area is 106 Å². The molecule has 3 nitrogen and oxygen atoms in total. The summed E-state index contributed by atoms with van der Waals surface area (Å²) >= 11 is 1.81. The first kappa shape index (κ1) is 12.6. The summed E-state index contributed by atoms with van der Waals surface area (Å²) in [4.78, 5) is 15.2. The largest absolute Gasteiger partial charge is 0.466 e. The minimum absolute atomic E-state index is 0.0793. The minimum Gasteiger partial charge on any atom is -0.466 e. The maximum Gasteiger partial charge on any atom is 0.307 e. The van der Waals surface area contributed by atoms with Gasteiger partial charge in [-0.05, 0) is 37.8 Å². The Morgan fingerprint density at radius 1 is 1.65 bits per heavy atom. The van der Waals surface area contributed by atoms with Crippen LogP contribution in [0.5, 0.6) is 0 Å². The van der Waals surface area contributed by atoms with E-state index in [4.69, 9.17) is 4.74 Å². The molecule has 4 heteroatoms. The molecule has 94 valence electrons. The second kappa shape index (κ2) is 6.17. The lowest BCUT2D eigenvalue weighted by molar-refractivity contribution is -0.143. The predicted octanol–water partition coefficient (Wildman–Crippen LogP) is 2.84. The van der Waals surface area contributed by atoms with Gasteiger partial charge in [-0.3, -0.25) is 9.69 Å². The Hall–Kier alpha value is -0.870. The molecule has 1 atom stereocenters. The van der Waals surface area contributed by atoms with Crippen molar-refractivity contribution < 1.29 is 9.53 Å². The molecule has 1 unspecified atom stereocenters. The second-order valence-electron chi connectivity index (χ2n) is 4.26. The van der Waals surface area contributed by atoms with Crippen LogP contribution >= 0.6 is 11.3 Å². The molecule has 1 aromatic rings. The van der Waals surface area contributed by atoms with E-state index in [-0.39, 0.29) is 5.97 Å². The molecule has 0 radical (unpaired) electrons. The van der Waals surface area contributed by atoms with Gasteiger partial charge in [-0.2, -0.15) is 0 Å². The van der Waals surface area contributed by atoms with Crippen LogP contribution in [0.3, 0.4) is 0 Å². The normalized spacial score (nSPS) is 20.6. The molecule has 1 fully saturated rings.